The lowest BCUT2D eigenvalue weighted by Gasteiger charge is -2.24. The lowest BCUT2D eigenvalue weighted by molar-refractivity contribution is -0.124. The first-order valence-electron chi connectivity index (χ1n) is 10.6. The molecule has 3 aromatic rings. The Morgan fingerprint density at radius 2 is 1.87 bits per heavy atom. The molecule has 4 rings (SSSR count). The largest absolute Gasteiger partial charge is 0.354 e. The van der Waals surface area contributed by atoms with Gasteiger partial charge in [-0.2, -0.15) is 0 Å². The molecule has 2 heterocycles. The predicted octanol–water partition coefficient (Wildman–Crippen LogP) is 3.80. The Morgan fingerprint density at radius 3 is 2.61 bits per heavy atom. The third-order valence-electron chi connectivity index (χ3n) is 5.70. The third-order valence-corrected chi connectivity index (χ3v) is 5.70. The van der Waals surface area contributed by atoms with Gasteiger partial charge in [0.15, 0.2) is 0 Å². The second kappa shape index (κ2) is 9.13. The zero-order valence-corrected chi connectivity index (χ0v) is 18.0. The molecule has 1 fully saturated rings. The van der Waals surface area contributed by atoms with Crippen molar-refractivity contribution in [3.8, 4) is 11.1 Å². The molecule has 1 aliphatic heterocycles. The van der Waals surface area contributed by atoms with Crippen LogP contribution in [0.5, 0.6) is 0 Å². The predicted molar refractivity (Wildman–Crippen MR) is 122 cm³/mol. The van der Waals surface area contributed by atoms with Gasteiger partial charge >= 0.3 is 0 Å². The quantitative estimate of drug-likeness (QED) is 0.708. The van der Waals surface area contributed by atoms with Crippen LogP contribution in [0.15, 0.2) is 67.0 Å². The van der Waals surface area contributed by atoms with Crippen molar-refractivity contribution < 1.29 is 9.59 Å². The summed E-state index contributed by atoms with van der Waals surface area (Å²) in [7, 11) is 0. The molecule has 0 spiro atoms. The normalized spacial score (nSPS) is 16.5. The van der Waals surface area contributed by atoms with Crippen molar-refractivity contribution in [1.29, 1.82) is 0 Å². The fourth-order valence-corrected chi connectivity index (χ4v) is 4.29. The van der Waals surface area contributed by atoms with Gasteiger partial charge in [0.1, 0.15) is 0 Å². The molecule has 1 saturated heterocycles. The number of benzene rings is 2. The van der Waals surface area contributed by atoms with Gasteiger partial charge in [0, 0.05) is 32.0 Å². The minimum absolute atomic E-state index is 0.00304. The number of aryl methyl sites for hydroxylation is 2. The van der Waals surface area contributed by atoms with Gasteiger partial charge < -0.3 is 10.2 Å². The summed E-state index contributed by atoms with van der Waals surface area (Å²) >= 11 is 0. The molecular weight excluding hydrogens is 386 g/mol. The molecule has 1 atom stereocenters. The highest BCUT2D eigenvalue weighted by Gasteiger charge is 2.29. The van der Waals surface area contributed by atoms with Crippen molar-refractivity contribution >= 4 is 11.8 Å². The van der Waals surface area contributed by atoms with Crippen LogP contribution in [0, 0.1) is 19.8 Å². The fourth-order valence-electron chi connectivity index (χ4n) is 4.29. The molecule has 0 aliphatic carbocycles. The second-order valence-corrected chi connectivity index (χ2v) is 8.22. The van der Waals surface area contributed by atoms with E-state index in [4.69, 9.17) is 0 Å². The molecule has 5 heteroatoms. The first-order valence-corrected chi connectivity index (χ1v) is 10.6. The topological polar surface area (TPSA) is 62.3 Å². The first-order chi connectivity index (χ1) is 15.0. The first kappa shape index (κ1) is 20.8. The number of nitrogens with zero attached hydrogens (tertiary/aromatic N) is 2. The number of nitrogens with one attached hydrogen (secondary N) is 1. The van der Waals surface area contributed by atoms with Gasteiger partial charge in [-0.15, -0.1) is 0 Å². The number of hydrogen-bond acceptors (Lipinski definition) is 3. The smallest absolute Gasteiger partial charge is 0.255 e. The molecule has 2 amide bonds. The second-order valence-electron chi connectivity index (χ2n) is 8.22. The van der Waals surface area contributed by atoms with Crippen LogP contribution in [0.1, 0.15) is 27.0 Å². The standard InChI is InChI=1S/C26H27N3O2/c1-18-12-19(2)14-22(13-18)24-8-4-3-6-20(24)15-23-17-29(11-10-28-25(23)30)26(31)21-7-5-9-27-16-21/h3-9,12-14,16,23H,10-11,15,17H2,1-2H3,(H,28,30). The molecular formula is C26H27N3O2. The number of carbonyl (C=O) groups is 2. The van der Waals surface area contributed by atoms with Gasteiger partial charge in [-0.1, -0.05) is 53.6 Å². The van der Waals surface area contributed by atoms with E-state index >= 15 is 0 Å². The maximum Gasteiger partial charge on any atom is 0.255 e. The van der Waals surface area contributed by atoms with Crippen LogP contribution in [0.3, 0.4) is 0 Å². The van der Waals surface area contributed by atoms with Crippen molar-refractivity contribution in [3.63, 3.8) is 0 Å². The van der Waals surface area contributed by atoms with E-state index in [0.717, 1.165) is 16.7 Å². The molecule has 2 aromatic carbocycles. The van der Waals surface area contributed by atoms with Crippen molar-refractivity contribution in [2.45, 2.75) is 20.3 Å². The highest BCUT2D eigenvalue weighted by atomic mass is 16.2. The monoisotopic (exact) mass is 413 g/mol. The Balaban J connectivity index is 1.61. The summed E-state index contributed by atoms with van der Waals surface area (Å²) < 4.78 is 0. The molecule has 0 saturated carbocycles. The summed E-state index contributed by atoms with van der Waals surface area (Å²) in [5.74, 6) is -0.399. The van der Waals surface area contributed by atoms with Gasteiger partial charge in [-0.3, -0.25) is 14.6 Å². The summed E-state index contributed by atoms with van der Waals surface area (Å²) in [5, 5.41) is 2.98. The van der Waals surface area contributed by atoms with Crippen LogP contribution in [-0.4, -0.2) is 41.3 Å². The zero-order valence-electron chi connectivity index (χ0n) is 18.0. The average Bonchev–Trinajstić information content (AvgIpc) is 2.95. The van der Waals surface area contributed by atoms with Crippen molar-refractivity contribution in [1.82, 2.24) is 15.2 Å². The minimum Gasteiger partial charge on any atom is -0.354 e. The summed E-state index contributed by atoms with van der Waals surface area (Å²) in [6.07, 6.45) is 3.80. The van der Waals surface area contributed by atoms with Gasteiger partial charge in [-0.25, -0.2) is 0 Å². The van der Waals surface area contributed by atoms with E-state index in [0.29, 0.717) is 31.6 Å². The maximum absolute atomic E-state index is 13.0. The van der Waals surface area contributed by atoms with Crippen LogP contribution < -0.4 is 5.32 Å². The van der Waals surface area contributed by atoms with Gasteiger partial charge in [0.05, 0.1) is 11.5 Å². The molecule has 1 aliphatic rings. The third kappa shape index (κ3) is 4.82. The molecule has 1 unspecified atom stereocenters. The van der Waals surface area contributed by atoms with Crippen LogP contribution in [0.25, 0.3) is 11.1 Å². The Morgan fingerprint density at radius 1 is 1.10 bits per heavy atom. The van der Waals surface area contributed by atoms with E-state index in [9.17, 15) is 9.59 Å². The van der Waals surface area contributed by atoms with Gasteiger partial charge in [-0.05, 0) is 49.1 Å². The Hall–Kier alpha value is -3.47. The Bertz CT molecular complexity index is 1070. The number of aromatic nitrogens is 1. The van der Waals surface area contributed by atoms with E-state index in [2.05, 4.69) is 54.5 Å². The van der Waals surface area contributed by atoms with E-state index < -0.39 is 0 Å². The van der Waals surface area contributed by atoms with Crippen molar-refractivity contribution in [2.75, 3.05) is 19.6 Å². The lowest BCUT2D eigenvalue weighted by atomic mass is 9.90. The molecule has 158 valence electrons. The molecule has 1 N–H and O–H groups in total. The number of carbonyl (C=O) groups excluding carboxylic acids is 2. The van der Waals surface area contributed by atoms with Crippen LogP contribution in [0.2, 0.25) is 0 Å². The molecule has 0 bridgehead atoms. The minimum atomic E-state index is -0.310. The van der Waals surface area contributed by atoms with E-state index in [1.54, 1.807) is 29.4 Å². The molecule has 0 radical (unpaired) electrons. The lowest BCUT2D eigenvalue weighted by Crippen LogP contribution is -2.37. The number of rotatable bonds is 4. The van der Waals surface area contributed by atoms with Crippen LogP contribution in [-0.2, 0) is 11.2 Å². The summed E-state index contributed by atoms with van der Waals surface area (Å²) in [6, 6.07) is 18.3. The average molecular weight is 414 g/mol. The van der Waals surface area contributed by atoms with Gasteiger partial charge in [0.2, 0.25) is 5.91 Å². The van der Waals surface area contributed by atoms with Crippen molar-refractivity contribution in [3.05, 3.63) is 89.2 Å². The molecule has 1 aromatic heterocycles. The summed E-state index contributed by atoms with van der Waals surface area (Å²) in [4.78, 5) is 31.6. The van der Waals surface area contributed by atoms with Crippen molar-refractivity contribution in [2.24, 2.45) is 5.92 Å². The SMILES string of the molecule is Cc1cc(C)cc(-c2ccccc2CC2CN(C(=O)c3cccnc3)CCNC2=O)c1. The van der Waals surface area contributed by atoms with Crippen LogP contribution in [0.4, 0.5) is 0 Å². The Kier molecular flexibility index (Phi) is 6.12. The summed E-state index contributed by atoms with van der Waals surface area (Å²) in [5.41, 5.74) is 6.38. The van der Waals surface area contributed by atoms with E-state index in [-0.39, 0.29) is 17.7 Å². The van der Waals surface area contributed by atoms with E-state index in [1.807, 2.05) is 12.1 Å². The number of pyridine rings is 1. The highest BCUT2D eigenvalue weighted by Crippen LogP contribution is 2.28. The van der Waals surface area contributed by atoms with Gasteiger partial charge in [0.25, 0.3) is 5.91 Å². The number of hydrogen-bond donors (Lipinski definition) is 1. The fraction of sp³-hybridized carbons (Fsp3) is 0.269. The zero-order chi connectivity index (χ0) is 21.8. The van der Waals surface area contributed by atoms with E-state index in [1.165, 1.54) is 11.1 Å². The van der Waals surface area contributed by atoms with Crippen LogP contribution >= 0.6 is 0 Å². The summed E-state index contributed by atoms with van der Waals surface area (Å²) in [6.45, 7) is 5.54. The highest BCUT2D eigenvalue weighted by molar-refractivity contribution is 5.94. The maximum atomic E-state index is 13.0. The molecule has 31 heavy (non-hydrogen) atoms. The number of amides is 2. The molecule has 5 nitrogen and oxygen atoms in total. The Labute approximate surface area is 183 Å².